The van der Waals surface area contributed by atoms with E-state index in [1.54, 1.807) is 24.3 Å². The Hall–Kier alpha value is -3.02. The van der Waals surface area contributed by atoms with Crippen LogP contribution in [-0.2, 0) is 20.7 Å². The zero-order valence-electron chi connectivity index (χ0n) is 13.5. The van der Waals surface area contributed by atoms with Gasteiger partial charge in [-0.3, -0.25) is 9.59 Å². The second kappa shape index (κ2) is 8.01. The molecule has 6 heteroatoms. The maximum Gasteiger partial charge on any atom is 0.310 e. The van der Waals surface area contributed by atoms with Gasteiger partial charge in [0.1, 0.15) is 11.5 Å². The Kier molecular flexibility index (Phi) is 5.78. The van der Waals surface area contributed by atoms with Crippen molar-refractivity contribution < 1.29 is 24.2 Å². The number of phenols is 1. The van der Waals surface area contributed by atoms with E-state index in [-0.39, 0.29) is 18.8 Å². The van der Waals surface area contributed by atoms with Gasteiger partial charge in [-0.1, -0.05) is 18.2 Å². The van der Waals surface area contributed by atoms with Gasteiger partial charge in [0.15, 0.2) is 6.61 Å². The highest BCUT2D eigenvalue weighted by Crippen LogP contribution is 2.25. The molecule has 2 N–H and O–H groups in total. The molecule has 0 aliphatic rings. The summed E-state index contributed by atoms with van der Waals surface area (Å²) in [6, 6.07) is 11.6. The molecule has 126 valence electrons. The maximum atomic E-state index is 11.9. The molecule has 0 heterocycles. The Balaban J connectivity index is 1.85. The van der Waals surface area contributed by atoms with E-state index in [1.807, 2.05) is 13.0 Å². The summed E-state index contributed by atoms with van der Waals surface area (Å²) < 4.78 is 10.1. The van der Waals surface area contributed by atoms with Crippen LogP contribution in [0, 0.1) is 6.92 Å². The fraction of sp³-hybridized carbons (Fsp3) is 0.222. The Labute approximate surface area is 140 Å². The Morgan fingerprint density at radius 3 is 2.50 bits per heavy atom. The average Bonchev–Trinajstić information content (AvgIpc) is 2.55. The van der Waals surface area contributed by atoms with E-state index in [0.717, 1.165) is 5.56 Å². The lowest BCUT2D eigenvalue weighted by atomic mass is 10.1. The highest BCUT2D eigenvalue weighted by Gasteiger charge is 2.11. The average molecular weight is 329 g/mol. The molecule has 0 aromatic heterocycles. The van der Waals surface area contributed by atoms with Crippen molar-refractivity contribution in [1.82, 2.24) is 0 Å². The number of carbonyl (C=O) groups is 2. The van der Waals surface area contributed by atoms with Crippen molar-refractivity contribution in [2.75, 3.05) is 19.0 Å². The summed E-state index contributed by atoms with van der Waals surface area (Å²) in [7, 11) is 1.51. The van der Waals surface area contributed by atoms with Crippen molar-refractivity contribution in [1.29, 1.82) is 0 Å². The van der Waals surface area contributed by atoms with Gasteiger partial charge in [0.2, 0.25) is 0 Å². The molecule has 0 fully saturated rings. The van der Waals surface area contributed by atoms with Crippen LogP contribution in [0.1, 0.15) is 11.1 Å². The molecule has 0 aliphatic carbocycles. The zero-order chi connectivity index (χ0) is 17.5. The lowest BCUT2D eigenvalue weighted by Crippen LogP contribution is -2.22. The fourth-order valence-corrected chi connectivity index (χ4v) is 2.08. The zero-order valence-corrected chi connectivity index (χ0v) is 13.5. The van der Waals surface area contributed by atoms with Crippen LogP contribution >= 0.6 is 0 Å². The number of aryl methyl sites for hydroxylation is 1. The van der Waals surface area contributed by atoms with Gasteiger partial charge >= 0.3 is 5.97 Å². The van der Waals surface area contributed by atoms with Gasteiger partial charge in [-0.15, -0.1) is 0 Å². The molecule has 0 aliphatic heterocycles. The number of anilines is 1. The number of ether oxygens (including phenoxy) is 2. The number of nitrogens with one attached hydrogen (secondary N) is 1. The van der Waals surface area contributed by atoms with Crippen molar-refractivity contribution in [2.24, 2.45) is 0 Å². The lowest BCUT2D eigenvalue weighted by Gasteiger charge is -2.11. The summed E-state index contributed by atoms with van der Waals surface area (Å²) in [5.74, 6) is -0.312. The summed E-state index contributed by atoms with van der Waals surface area (Å²) in [6.07, 6.45) is 0.0291. The van der Waals surface area contributed by atoms with E-state index in [9.17, 15) is 14.7 Å². The molecule has 2 aromatic carbocycles. The van der Waals surface area contributed by atoms with Crippen molar-refractivity contribution in [2.45, 2.75) is 13.3 Å². The predicted octanol–water partition coefficient (Wildman–Crippen LogP) is 2.43. The lowest BCUT2D eigenvalue weighted by molar-refractivity contribution is -0.146. The monoisotopic (exact) mass is 329 g/mol. The van der Waals surface area contributed by atoms with E-state index < -0.39 is 11.9 Å². The summed E-state index contributed by atoms with van der Waals surface area (Å²) in [6.45, 7) is 1.51. The molecule has 0 unspecified atom stereocenters. The summed E-state index contributed by atoms with van der Waals surface area (Å²) >= 11 is 0. The van der Waals surface area contributed by atoms with Crippen molar-refractivity contribution in [3.05, 3.63) is 53.6 Å². The normalized spacial score (nSPS) is 10.1. The number of aromatic hydroxyl groups is 1. The number of rotatable bonds is 6. The minimum absolute atomic E-state index is 0.0291. The largest absolute Gasteiger partial charge is 0.508 e. The Morgan fingerprint density at radius 2 is 1.83 bits per heavy atom. The van der Waals surface area contributed by atoms with Gasteiger partial charge in [-0.25, -0.2) is 0 Å². The Bertz CT molecular complexity index is 725. The van der Waals surface area contributed by atoms with E-state index in [2.05, 4.69) is 5.32 Å². The molecule has 2 rings (SSSR count). The topological polar surface area (TPSA) is 84.9 Å². The second-order valence-corrected chi connectivity index (χ2v) is 5.26. The molecule has 0 spiro atoms. The molecule has 0 atom stereocenters. The SMILES string of the molecule is COc1ccc(C)cc1NC(=O)COC(=O)Cc1ccc(O)cc1. The summed E-state index contributed by atoms with van der Waals surface area (Å²) in [5, 5.41) is 11.8. The van der Waals surface area contributed by atoms with Gasteiger partial charge in [0, 0.05) is 0 Å². The van der Waals surface area contributed by atoms with Crippen LogP contribution in [0.4, 0.5) is 5.69 Å². The third-order valence-corrected chi connectivity index (χ3v) is 3.28. The van der Waals surface area contributed by atoms with E-state index in [0.29, 0.717) is 17.0 Å². The highest BCUT2D eigenvalue weighted by molar-refractivity contribution is 5.94. The molecule has 0 saturated heterocycles. The van der Waals surface area contributed by atoms with E-state index in [1.165, 1.54) is 19.2 Å². The Morgan fingerprint density at radius 1 is 1.12 bits per heavy atom. The van der Waals surface area contributed by atoms with Gasteiger partial charge in [-0.2, -0.15) is 0 Å². The van der Waals surface area contributed by atoms with Crippen molar-refractivity contribution in [3.63, 3.8) is 0 Å². The van der Waals surface area contributed by atoms with Crippen LogP contribution in [0.2, 0.25) is 0 Å². The smallest absolute Gasteiger partial charge is 0.310 e. The molecular formula is C18H19NO5. The van der Waals surface area contributed by atoms with Gasteiger partial charge in [0.25, 0.3) is 5.91 Å². The number of carbonyl (C=O) groups excluding carboxylic acids is 2. The van der Waals surface area contributed by atoms with Gasteiger partial charge in [-0.05, 0) is 42.3 Å². The molecule has 6 nitrogen and oxygen atoms in total. The van der Waals surface area contributed by atoms with Crippen LogP contribution < -0.4 is 10.1 Å². The minimum Gasteiger partial charge on any atom is -0.508 e. The van der Waals surface area contributed by atoms with Crippen molar-refractivity contribution in [3.8, 4) is 11.5 Å². The first-order valence-corrected chi connectivity index (χ1v) is 7.36. The number of methoxy groups -OCH3 is 1. The number of amides is 1. The second-order valence-electron chi connectivity index (χ2n) is 5.26. The first kappa shape index (κ1) is 17.3. The van der Waals surface area contributed by atoms with Crippen LogP contribution in [0.15, 0.2) is 42.5 Å². The molecular weight excluding hydrogens is 310 g/mol. The molecule has 2 aromatic rings. The third kappa shape index (κ3) is 5.01. The standard InChI is InChI=1S/C18H19NO5/c1-12-3-8-16(23-2)15(9-12)19-17(21)11-24-18(22)10-13-4-6-14(20)7-5-13/h3-9,20H,10-11H2,1-2H3,(H,19,21). The van der Waals surface area contributed by atoms with E-state index in [4.69, 9.17) is 9.47 Å². The minimum atomic E-state index is -0.521. The molecule has 24 heavy (non-hydrogen) atoms. The van der Waals surface area contributed by atoms with E-state index >= 15 is 0 Å². The number of esters is 1. The van der Waals surface area contributed by atoms with Crippen LogP contribution in [0.5, 0.6) is 11.5 Å². The first-order valence-electron chi connectivity index (χ1n) is 7.36. The molecule has 1 amide bonds. The van der Waals surface area contributed by atoms with Crippen LogP contribution in [0.25, 0.3) is 0 Å². The van der Waals surface area contributed by atoms with Crippen molar-refractivity contribution >= 4 is 17.6 Å². The molecule has 0 radical (unpaired) electrons. The quantitative estimate of drug-likeness (QED) is 0.795. The highest BCUT2D eigenvalue weighted by atomic mass is 16.5. The summed E-state index contributed by atoms with van der Waals surface area (Å²) in [5.41, 5.74) is 2.19. The maximum absolute atomic E-state index is 11.9. The predicted molar refractivity (Wildman–Crippen MR) is 89.1 cm³/mol. The van der Waals surface area contributed by atoms with Gasteiger partial charge in [0.05, 0.1) is 19.2 Å². The van der Waals surface area contributed by atoms with Crippen LogP contribution in [0.3, 0.4) is 0 Å². The number of hydrogen-bond acceptors (Lipinski definition) is 5. The first-order chi connectivity index (χ1) is 11.5. The molecule has 0 saturated carbocycles. The summed E-state index contributed by atoms with van der Waals surface area (Å²) in [4.78, 5) is 23.7. The number of benzene rings is 2. The van der Waals surface area contributed by atoms with Crippen LogP contribution in [-0.4, -0.2) is 30.7 Å². The third-order valence-electron chi connectivity index (χ3n) is 3.28. The van der Waals surface area contributed by atoms with Gasteiger partial charge < -0.3 is 19.9 Å². The number of hydrogen-bond donors (Lipinski definition) is 2. The fourth-order valence-electron chi connectivity index (χ4n) is 2.08. The number of phenolic OH excluding ortho intramolecular Hbond substituents is 1. The molecule has 0 bridgehead atoms.